The predicted octanol–water partition coefficient (Wildman–Crippen LogP) is 3.07. The molecule has 0 radical (unpaired) electrons. The molecule has 1 unspecified atom stereocenters. The number of hydrogen-bond acceptors (Lipinski definition) is 5. The van der Waals surface area contributed by atoms with Crippen molar-refractivity contribution in [3.63, 3.8) is 0 Å². The number of benzene rings is 1. The lowest BCUT2D eigenvalue weighted by molar-refractivity contribution is -0.143. The monoisotopic (exact) mass is 274 g/mol. The largest absolute Gasteiger partial charge is 0.464 e. The molecule has 106 valence electrons. The van der Waals surface area contributed by atoms with Gasteiger partial charge in [-0.05, 0) is 44.9 Å². The first-order chi connectivity index (χ1) is 9.67. The van der Waals surface area contributed by atoms with E-state index in [2.05, 4.69) is 10.3 Å². The highest BCUT2D eigenvalue weighted by Crippen LogP contribution is 2.40. The Morgan fingerprint density at radius 3 is 3.05 bits per heavy atom. The molecule has 5 heteroatoms. The second-order valence-corrected chi connectivity index (χ2v) is 5.13. The normalized spacial score (nSPS) is 16.1. The summed E-state index contributed by atoms with van der Waals surface area (Å²) in [6.45, 7) is 3.96. The Morgan fingerprint density at radius 2 is 2.35 bits per heavy atom. The maximum atomic E-state index is 11.6. The van der Waals surface area contributed by atoms with Crippen molar-refractivity contribution in [3.05, 3.63) is 24.1 Å². The van der Waals surface area contributed by atoms with Gasteiger partial charge >= 0.3 is 5.97 Å². The standard InChI is InChI=1S/C15H18N2O3/c1-3-19-15(18)9(2)16-11-6-7-13-12(8-11)17-14(20-13)10-4-5-10/h6-10,16H,3-5H2,1-2H3. The summed E-state index contributed by atoms with van der Waals surface area (Å²) in [5.41, 5.74) is 2.46. The van der Waals surface area contributed by atoms with E-state index in [0.29, 0.717) is 12.5 Å². The van der Waals surface area contributed by atoms with E-state index in [-0.39, 0.29) is 12.0 Å². The SMILES string of the molecule is CCOC(=O)C(C)Nc1ccc2oc(C3CC3)nc2c1. The fraction of sp³-hybridized carbons (Fsp3) is 0.467. The van der Waals surface area contributed by atoms with E-state index in [9.17, 15) is 4.79 Å². The van der Waals surface area contributed by atoms with Gasteiger partial charge in [0, 0.05) is 11.6 Å². The van der Waals surface area contributed by atoms with Crippen LogP contribution in [0.25, 0.3) is 11.1 Å². The number of ether oxygens (including phenoxy) is 1. The molecular formula is C15H18N2O3. The Balaban J connectivity index is 1.76. The molecule has 1 N–H and O–H groups in total. The summed E-state index contributed by atoms with van der Waals surface area (Å²) in [5.74, 6) is 1.07. The zero-order valence-corrected chi connectivity index (χ0v) is 11.7. The molecule has 1 aromatic heterocycles. The second-order valence-electron chi connectivity index (χ2n) is 5.13. The van der Waals surface area contributed by atoms with Crippen LogP contribution in [0, 0.1) is 0 Å². The number of fused-ring (bicyclic) bond motifs is 1. The number of carbonyl (C=O) groups excluding carboxylic acids is 1. The van der Waals surface area contributed by atoms with Crippen LogP contribution in [0.2, 0.25) is 0 Å². The smallest absolute Gasteiger partial charge is 0.328 e. The number of nitrogens with one attached hydrogen (secondary N) is 1. The van der Waals surface area contributed by atoms with Crippen LogP contribution in [0.3, 0.4) is 0 Å². The van der Waals surface area contributed by atoms with Crippen molar-refractivity contribution in [1.29, 1.82) is 0 Å². The van der Waals surface area contributed by atoms with Gasteiger partial charge < -0.3 is 14.5 Å². The third kappa shape index (κ3) is 2.61. The van der Waals surface area contributed by atoms with E-state index in [4.69, 9.17) is 9.15 Å². The summed E-state index contributed by atoms with van der Waals surface area (Å²) >= 11 is 0. The Bertz CT molecular complexity index is 631. The van der Waals surface area contributed by atoms with Gasteiger partial charge in [-0.1, -0.05) is 0 Å². The zero-order valence-electron chi connectivity index (χ0n) is 11.7. The lowest BCUT2D eigenvalue weighted by Crippen LogP contribution is -2.28. The molecule has 5 nitrogen and oxygen atoms in total. The molecule has 20 heavy (non-hydrogen) atoms. The molecule has 0 amide bonds. The van der Waals surface area contributed by atoms with E-state index in [1.54, 1.807) is 13.8 Å². The van der Waals surface area contributed by atoms with E-state index < -0.39 is 0 Å². The minimum Gasteiger partial charge on any atom is -0.464 e. The van der Waals surface area contributed by atoms with Gasteiger partial charge in [0.15, 0.2) is 11.5 Å². The number of anilines is 1. The number of hydrogen-bond donors (Lipinski definition) is 1. The van der Waals surface area contributed by atoms with E-state index in [1.165, 1.54) is 0 Å². The molecule has 1 saturated carbocycles. The van der Waals surface area contributed by atoms with Crippen LogP contribution in [-0.2, 0) is 9.53 Å². The first-order valence-corrected chi connectivity index (χ1v) is 7.01. The summed E-state index contributed by atoms with van der Waals surface area (Å²) in [4.78, 5) is 16.1. The van der Waals surface area contributed by atoms with Gasteiger partial charge in [-0.3, -0.25) is 0 Å². The number of esters is 1. The molecular weight excluding hydrogens is 256 g/mol. The Kier molecular flexibility index (Phi) is 3.34. The van der Waals surface area contributed by atoms with E-state index in [0.717, 1.165) is 35.5 Å². The minimum absolute atomic E-state index is 0.258. The third-order valence-corrected chi connectivity index (χ3v) is 3.35. The van der Waals surface area contributed by atoms with Gasteiger partial charge in [0.25, 0.3) is 0 Å². The van der Waals surface area contributed by atoms with Crippen molar-refractivity contribution in [1.82, 2.24) is 4.98 Å². The fourth-order valence-corrected chi connectivity index (χ4v) is 2.12. The molecule has 1 fully saturated rings. The van der Waals surface area contributed by atoms with Crippen molar-refractivity contribution < 1.29 is 13.9 Å². The molecule has 0 bridgehead atoms. The number of nitrogens with zero attached hydrogens (tertiary/aromatic N) is 1. The lowest BCUT2D eigenvalue weighted by atomic mass is 10.2. The molecule has 1 aliphatic rings. The molecule has 1 atom stereocenters. The molecule has 1 aliphatic carbocycles. The first kappa shape index (κ1) is 13.0. The summed E-state index contributed by atoms with van der Waals surface area (Å²) in [5, 5.41) is 3.12. The van der Waals surface area contributed by atoms with Crippen molar-refractivity contribution in [2.45, 2.75) is 38.6 Å². The van der Waals surface area contributed by atoms with E-state index >= 15 is 0 Å². The zero-order chi connectivity index (χ0) is 14.1. The Hall–Kier alpha value is -2.04. The fourth-order valence-electron chi connectivity index (χ4n) is 2.12. The average molecular weight is 274 g/mol. The van der Waals surface area contributed by atoms with Gasteiger partial charge in [0.2, 0.25) is 0 Å². The van der Waals surface area contributed by atoms with E-state index in [1.807, 2.05) is 18.2 Å². The van der Waals surface area contributed by atoms with Gasteiger partial charge in [-0.2, -0.15) is 0 Å². The van der Waals surface area contributed by atoms with Crippen molar-refractivity contribution in [2.75, 3.05) is 11.9 Å². The summed E-state index contributed by atoms with van der Waals surface area (Å²) < 4.78 is 10.7. The number of carbonyl (C=O) groups is 1. The Labute approximate surface area is 117 Å². The number of aromatic nitrogens is 1. The molecule has 0 aliphatic heterocycles. The first-order valence-electron chi connectivity index (χ1n) is 7.01. The number of oxazole rings is 1. The van der Waals surface area contributed by atoms with Crippen LogP contribution < -0.4 is 5.32 Å². The van der Waals surface area contributed by atoms with Crippen molar-refractivity contribution in [2.24, 2.45) is 0 Å². The Morgan fingerprint density at radius 1 is 1.55 bits per heavy atom. The summed E-state index contributed by atoms with van der Waals surface area (Å²) in [7, 11) is 0. The molecule has 1 aromatic carbocycles. The highest BCUT2D eigenvalue weighted by atomic mass is 16.5. The van der Waals surface area contributed by atoms with Gasteiger partial charge in [-0.25, -0.2) is 9.78 Å². The van der Waals surface area contributed by atoms with Crippen molar-refractivity contribution >= 4 is 22.8 Å². The van der Waals surface area contributed by atoms with Crippen LogP contribution in [0.5, 0.6) is 0 Å². The van der Waals surface area contributed by atoms with Crippen LogP contribution in [0.15, 0.2) is 22.6 Å². The van der Waals surface area contributed by atoms with Gasteiger partial charge in [-0.15, -0.1) is 0 Å². The lowest BCUT2D eigenvalue weighted by Gasteiger charge is -2.13. The highest BCUT2D eigenvalue weighted by Gasteiger charge is 2.28. The van der Waals surface area contributed by atoms with Crippen LogP contribution in [0.4, 0.5) is 5.69 Å². The maximum Gasteiger partial charge on any atom is 0.328 e. The summed E-state index contributed by atoms with van der Waals surface area (Å²) in [6.07, 6.45) is 2.33. The van der Waals surface area contributed by atoms with Crippen LogP contribution in [-0.4, -0.2) is 23.6 Å². The molecule has 0 spiro atoms. The molecule has 2 aromatic rings. The van der Waals surface area contributed by atoms with Gasteiger partial charge in [0.1, 0.15) is 11.6 Å². The van der Waals surface area contributed by atoms with Crippen LogP contribution >= 0.6 is 0 Å². The second kappa shape index (κ2) is 5.15. The molecule has 0 saturated heterocycles. The minimum atomic E-state index is -0.387. The predicted molar refractivity (Wildman–Crippen MR) is 75.7 cm³/mol. The maximum absolute atomic E-state index is 11.6. The highest BCUT2D eigenvalue weighted by molar-refractivity contribution is 5.82. The quantitative estimate of drug-likeness (QED) is 0.849. The third-order valence-electron chi connectivity index (χ3n) is 3.35. The van der Waals surface area contributed by atoms with Crippen molar-refractivity contribution in [3.8, 4) is 0 Å². The topological polar surface area (TPSA) is 64.4 Å². The van der Waals surface area contributed by atoms with Crippen LogP contribution in [0.1, 0.15) is 38.5 Å². The molecule has 1 heterocycles. The summed E-state index contributed by atoms with van der Waals surface area (Å²) in [6, 6.07) is 5.29. The van der Waals surface area contributed by atoms with Gasteiger partial charge in [0.05, 0.1) is 6.61 Å². The number of rotatable bonds is 5. The average Bonchev–Trinajstić information content (AvgIpc) is 3.19. The molecule has 3 rings (SSSR count).